The first-order chi connectivity index (χ1) is 11.5. The van der Waals surface area contributed by atoms with Crippen LogP contribution in [0.15, 0.2) is 24.0 Å². The Morgan fingerprint density at radius 2 is 2.17 bits per heavy atom. The molecule has 1 saturated heterocycles. The summed E-state index contributed by atoms with van der Waals surface area (Å²) in [6.45, 7) is 2.27. The number of carbonyl (C=O) groups is 3. The van der Waals surface area contributed by atoms with Gasteiger partial charge >= 0.3 is 11.9 Å². The smallest absolute Gasteiger partial charge is 0.306 e. The number of hydrogen-bond acceptors (Lipinski definition) is 6. The normalized spacial score (nSPS) is 22.2. The molecule has 24 heavy (non-hydrogen) atoms. The van der Waals surface area contributed by atoms with Gasteiger partial charge in [0.25, 0.3) is 0 Å². The average Bonchev–Trinajstić information content (AvgIpc) is 3.01. The van der Waals surface area contributed by atoms with Crippen LogP contribution in [0.2, 0.25) is 0 Å². The van der Waals surface area contributed by atoms with Crippen molar-refractivity contribution in [1.29, 1.82) is 0 Å². The minimum absolute atomic E-state index is 0.0146. The fraction of sp³-hybridized carbons (Fsp3) is 0.562. The number of carboxylic acid groups (broad SMARTS) is 1. The number of nitrogens with zero attached hydrogens (tertiary/aromatic N) is 1. The summed E-state index contributed by atoms with van der Waals surface area (Å²) in [5, 5.41) is 8.49. The Morgan fingerprint density at radius 3 is 2.79 bits per heavy atom. The highest BCUT2D eigenvalue weighted by Crippen LogP contribution is 2.26. The zero-order valence-electron chi connectivity index (χ0n) is 13.7. The van der Waals surface area contributed by atoms with E-state index in [4.69, 9.17) is 19.4 Å². The van der Waals surface area contributed by atoms with E-state index in [0.29, 0.717) is 0 Å². The van der Waals surface area contributed by atoms with Crippen molar-refractivity contribution < 1.29 is 29.0 Å². The van der Waals surface area contributed by atoms with Crippen molar-refractivity contribution in [3.63, 3.8) is 0 Å². The first-order valence-corrected chi connectivity index (χ1v) is 7.76. The highest BCUT2D eigenvalue weighted by atomic mass is 16.6. The number of allylic oxidation sites excluding steroid dienone is 2. The number of esters is 1. The Balaban J connectivity index is 0.000000891. The first-order valence-electron chi connectivity index (χ1n) is 7.76. The van der Waals surface area contributed by atoms with Crippen LogP contribution < -0.4 is 5.73 Å². The van der Waals surface area contributed by atoms with E-state index in [1.165, 1.54) is 5.57 Å². The molecule has 2 aliphatic heterocycles. The van der Waals surface area contributed by atoms with E-state index < -0.39 is 11.9 Å². The number of aliphatic carboxylic acids is 1. The maximum Gasteiger partial charge on any atom is 0.306 e. The molecule has 0 aliphatic carbocycles. The lowest BCUT2D eigenvalue weighted by molar-refractivity contribution is -0.151. The molecule has 2 heterocycles. The number of ether oxygens (including phenoxy) is 2. The molecule has 0 aromatic rings. The number of amides is 1. The van der Waals surface area contributed by atoms with E-state index >= 15 is 0 Å². The van der Waals surface area contributed by atoms with Crippen LogP contribution >= 0.6 is 0 Å². The van der Waals surface area contributed by atoms with Crippen molar-refractivity contribution in [2.75, 3.05) is 6.61 Å². The molecule has 0 bridgehead atoms. The fourth-order valence-electron chi connectivity index (χ4n) is 2.39. The van der Waals surface area contributed by atoms with Crippen molar-refractivity contribution in [2.45, 2.75) is 51.4 Å². The van der Waals surface area contributed by atoms with Crippen LogP contribution in [-0.4, -0.2) is 47.3 Å². The Hall–Kier alpha value is -2.35. The molecular weight excluding hydrogens is 316 g/mol. The first kappa shape index (κ1) is 19.7. The van der Waals surface area contributed by atoms with Gasteiger partial charge in [-0.05, 0) is 26.2 Å². The molecule has 0 radical (unpaired) electrons. The largest absolute Gasteiger partial charge is 0.481 e. The summed E-state index contributed by atoms with van der Waals surface area (Å²) in [6.07, 6.45) is 8.68. The molecule has 8 heteroatoms. The Labute approximate surface area is 140 Å². The third-order valence-corrected chi connectivity index (χ3v) is 3.48. The Morgan fingerprint density at radius 1 is 1.46 bits per heavy atom. The van der Waals surface area contributed by atoms with Crippen molar-refractivity contribution in [1.82, 2.24) is 4.90 Å². The van der Waals surface area contributed by atoms with Gasteiger partial charge in [0.1, 0.15) is 12.8 Å². The van der Waals surface area contributed by atoms with E-state index in [2.05, 4.69) is 24.9 Å². The third-order valence-electron chi connectivity index (χ3n) is 3.48. The summed E-state index contributed by atoms with van der Waals surface area (Å²) < 4.78 is 10.9. The molecule has 0 spiro atoms. The van der Waals surface area contributed by atoms with Crippen molar-refractivity contribution >= 4 is 18.3 Å². The van der Waals surface area contributed by atoms with E-state index in [9.17, 15) is 9.59 Å². The molecule has 0 saturated carbocycles. The monoisotopic (exact) mass is 340 g/mol. The van der Waals surface area contributed by atoms with Gasteiger partial charge in [-0.1, -0.05) is 11.6 Å². The second-order valence-corrected chi connectivity index (χ2v) is 5.51. The van der Waals surface area contributed by atoms with Gasteiger partial charge in [-0.15, -0.1) is 0 Å². The van der Waals surface area contributed by atoms with Crippen LogP contribution in [-0.2, 0) is 23.9 Å². The van der Waals surface area contributed by atoms with E-state index in [1.54, 1.807) is 0 Å². The average molecular weight is 340 g/mol. The van der Waals surface area contributed by atoms with Gasteiger partial charge in [0.2, 0.25) is 6.41 Å². The summed E-state index contributed by atoms with van der Waals surface area (Å²) in [7, 11) is 0. The van der Waals surface area contributed by atoms with Gasteiger partial charge in [0.05, 0.1) is 18.9 Å². The van der Waals surface area contributed by atoms with Crippen molar-refractivity contribution in [3.8, 4) is 0 Å². The predicted molar refractivity (Wildman–Crippen MR) is 85.3 cm³/mol. The lowest BCUT2D eigenvalue weighted by Gasteiger charge is -2.26. The Bertz CT molecular complexity index is 503. The number of rotatable bonds is 6. The lowest BCUT2D eigenvalue weighted by Crippen LogP contribution is -2.29. The standard InChI is InChI=1S/C15H21NO5.CH3NO/c1-11-3-2-8-16(9-11)13-5-4-12(21-13)10-20-15(19)7-6-14(17)18;2-1-3/h2,8-9,12-13H,3-7,10H2,1H3,(H,17,18);1H,(H2,2,3). The molecule has 0 aromatic heterocycles. The highest BCUT2D eigenvalue weighted by molar-refractivity contribution is 5.76. The molecule has 8 nitrogen and oxygen atoms in total. The van der Waals surface area contributed by atoms with Crippen LogP contribution in [0.25, 0.3) is 0 Å². The van der Waals surface area contributed by atoms with E-state index in [0.717, 1.165) is 19.3 Å². The number of hydrogen-bond donors (Lipinski definition) is 2. The molecule has 2 unspecified atom stereocenters. The number of carboxylic acids is 1. The zero-order chi connectivity index (χ0) is 17.9. The summed E-state index contributed by atoms with van der Waals surface area (Å²) in [4.78, 5) is 32.3. The van der Waals surface area contributed by atoms with E-state index in [1.807, 2.05) is 11.1 Å². The summed E-state index contributed by atoms with van der Waals surface area (Å²) in [5.74, 6) is -1.48. The SMILES string of the molecule is CC1=CN(C2CCC(COC(=O)CCC(=O)O)O2)C=CC1.NC=O. The van der Waals surface area contributed by atoms with Gasteiger partial charge in [0.15, 0.2) is 0 Å². The maximum absolute atomic E-state index is 11.4. The van der Waals surface area contributed by atoms with Crippen LogP contribution in [0.5, 0.6) is 0 Å². The fourth-order valence-corrected chi connectivity index (χ4v) is 2.39. The second-order valence-electron chi connectivity index (χ2n) is 5.51. The van der Waals surface area contributed by atoms with Gasteiger partial charge in [0, 0.05) is 12.4 Å². The maximum atomic E-state index is 11.4. The highest BCUT2D eigenvalue weighted by Gasteiger charge is 2.29. The summed E-state index contributed by atoms with van der Waals surface area (Å²) in [5.41, 5.74) is 5.45. The number of nitrogens with two attached hydrogens (primary N) is 1. The number of primary amides is 1. The minimum Gasteiger partial charge on any atom is -0.481 e. The lowest BCUT2D eigenvalue weighted by atomic mass is 10.2. The summed E-state index contributed by atoms with van der Waals surface area (Å²) in [6, 6.07) is 0. The van der Waals surface area contributed by atoms with Gasteiger partial charge in [-0.2, -0.15) is 0 Å². The molecular formula is C16H24N2O6. The molecule has 2 rings (SSSR count). The molecule has 2 aliphatic rings. The van der Waals surface area contributed by atoms with Gasteiger partial charge in [-0.3, -0.25) is 14.4 Å². The molecule has 1 amide bonds. The second kappa shape index (κ2) is 10.4. The van der Waals surface area contributed by atoms with Crippen molar-refractivity contribution in [3.05, 3.63) is 24.0 Å². The molecule has 2 atom stereocenters. The van der Waals surface area contributed by atoms with Crippen LogP contribution in [0.1, 0.15) is 39.0 Å². The third kappa shape index (κ3) is 7.28. The summed E-state index contributed by atoms with van der Waals surface area (Å²) >= 11 is 0. The quantitative estimate of drug-likeness (QED) is 0.549. The van der Waals surface area contributed by atoms with Crippen LogP contribution in [0.4, 0.5) is 0 Å². The van der Waals surface area contributed by atoms with Crippen molar-refractivity contribution in [2.24, 2.45) is 5.73 Å². The molecule has 0 aromatic carbocycles. The van der Waals surface area contributed by atoms with Gasteiger partial charge < -0.3 is 25.2 Å². The zero-order valence-corrected chi connectivity index (χ0v) is 13.7. The molecule has 1 fully saturated rings. The Kier molecular flexibility index (Phi) is 8.56. The minimum atomic E-state index is -0.997. The topological polar surface area (TPSA) is 119 Å². The number of carbonyl (C=O) groups excluding carboxylic acids is 2. The van der Waals surface area contributed by atoms with E-state index in [-0.39, 0.29) is 38.2 Å². The predicted octanol–water partition coefficient (Wildman–Crippen LogP) is 1.12. The van der Waals surface area contributed by atoms with Crippen LogP contribution in [0, 0.1) is 0 Å². The van der Waals surface area contributed by atoms with Gasteiger partial charge in [-0.25, -0.2) is 0 Å². The molecule has 3 N–H and O–H groups in total. The molecule has 134 valence electrons. The van der Waals surface area contributed by atoms with Crippen LogP contribution in [0.3, 0.4) is 0 Å².